The number of carbonyl (C=O) groups is 1. The first-order valence-corrected chi connectivity index (χ1v) is 8.57. The number of hydrogen-bond acceptors (Lipinski definition) is 6. The molecule has 1 aromatic carbocycles. The van der Waals surface area contributed by atoms with Crippen LogP contribution in [-0.2, 0) is 22.9 Å². The number of phosphoric acid groups is 1. The predicted octanol–water partition coefficient (Wildman–Crippen LogP) is 2.32. The molecule has 1 amide bonds. The number of amides is 1. The van der Waals surface area contributed by atoms with Crippen LogP contribution >= 0.6 is 31.6 Å². The van der Waals surface area contributed by atoms with Gasteiger partial charge in [0.1, 0.15) is 5.41 Å². The zero-order valence-corrected chi connectivity index (χ0v) is 13.7. The number of benzene rings is 1. The average molecular weight is 363 g/mol. The Bertz CT molecular complexity index is 637. The topological polar surface area (TPSA) is 85.9 Å². The molecular weight excluding hydrogens is 351 g/mol. The largest absolute Gasteiger partial charge is 0.474 e. The van der Waals surface area contributed by atoms with Crippen LogP contribution < -0.4 is 10.6 Å². The summed E-state index contributed by atoms with van der Waals surface area (Å²) < 4.78 is 26.6. The summed E-state index contributed by atoms with van der Waals surface area (Å²) in [6, 6.07) is 6.85. The molecule has 2 N–H and O–H groups in total. The molecule has 0 spiro atoms. The molecule has 2 bridgehead atoms. The van der Waals surface area contributed by atoms with Gasteiger partial charge >= 0.3 is 7.82 Å². The van der Waals surface area contributed by atoms with Crippen molar-refractivity contribution in [3.8, 4) is 0 Å². The lowest BCUT2D eigenvalue weighted by Gasteiger charge is -2.42. The van der Waals surface area contributed by atoms with Crippen molar-refractivity contribution in [1.82, 2.24) is 5.32 Å². The lowest BCUT2D eigenvalue weighted by molar-refractivity contribution is -0.150. The van der Waals surface area contributed by atoms with Crippen LogP contribution in [0.1, 0.15) is 0 Å². The van der Waals surface area contributed by atoms with Gasteiger partial charge in [0.15, 0.2) is 5.11 Å². The van der Waals surface area contributed by atoms with E-state index in [0.29, 0.717) is 10.7 Å². The highest BCUT2D eigenvalue weighted by Crippen LogP contribution is 2.59. The van der Waals surface area contributed by atoms with Gasteiger partial charge in [0.25, 0.3) is 0 Å². The maximum Gasteiger partial charge on any atom is 0.474 e. The number of halogens is 1. The first-order valence-electron chi connectivity index (χ1n) is 6.33. The van der Waals surface area contributed by atoms with Crippen molar-refractivity contribution >= 4 is 48.3 Å². The van der Waals surface area contributed by atoms with Crippen molar-refractivity contribution in [2.45, 2.75) is 0 Å². The Kier molecular flexibility index (Phi) is 4.24. The maximum atomic E-state index is 12.3. The van der Waals surface area contributed by atoms with Gasteiger partial charge in [-0.1, -0.05) is 11.6 Å². The molecular formula is C12H12ClN2O5PS. The van der Waals surface area contributed by atoms with Crippen LogP contribution in [0.2, 0.25) is 5.02 Å². The Hall–Kier alpha value is -1.02. The Morgan fingerprint density at radius 3 is 2.27 bits per heavy atom. The minimum Gasteiger partial charge on any atom is -0.332 e. The van der Waals surface area contributed by atoms with Crippen LogP contribution in [0.15, 0.2) is 24.3 Å². The molecule has 0 unspecified atom stereocenters. The molecule has 3 saturated heterocycles. The fourth-order valence-corrected chi connectivity index (χ4v) is 3.75. The molecule has 3 fully saturated rings. The zero-order chi connectivity index (χ0) is 15.8. The molecule has 3 aliphatic heterocycles. The van der Waals surface area contributed by atoms with Gasteiger partial charge < -0.3 is 10.6 Å². The monoisotopic (exact) mass is 362 g/mol. The zero-order valence-electron chi connectivity index (χ0n) is 11.2. The smallest absolute Gasteiger partial charge is 0.332 e. The summed E-state index contributed by atoms with van der Waals surface area (Å²) >= 11 is 10.9. The number of carbonyl (C=O) groups excluding carboxylic acids is 1. The molecule has 3 aliphatic rings. The fourth-order valence-electron chi connectivity index (χ4n) is 1.97. The molecule has 1 aromatic rings. The van der Waals surface area contributed by atoms with E-state index in [-0.39, 0.29) is 24.9 Å². The summed E-state index contributed by atoms with van der Waals surface area (Å²) in [5.41, 5.74) is -0.356. The van der Waals surface area contributed by atoms with Gasteiger partial charge in [-0.25, -0.2) is 4.57 Å². The van der Waals surface area contributed by atoms with Gasteiger partial charge in [-0.2, -0.15) is 0 Å². The van der Waals surface area contributed by atoms with Gasteiger partial charge in [0, 0.05) is 10.7 Å². The Morgan fingerprint density at radius 2 is 1.73 bits per heavy atom. The summed E-state index contributed by atoms with van der Waals surface area (Å²) in [5, 5.41) is 6.15. The third kappa shape index (κ3) is 3.17. The maximum absolute atomic E-state index is 12.3. The van der Waals surface area contributed by atoms with Crippen molar-refractivity contribution in [2.75, 3.05) is 25.1 Å². The fraction of sp³-hybridized carbons (Fsp3) is 0.333. The van der Waals surface area contributed by atoms with E-state index in [2.05, 4.69) is 10.6 Å². The quantitative estimate of drug-likeness (QED) is 0.616. The molecule has 0 aliphatic carbocycles. The molecule has 4 rings (SSSR count). The predicted molar refractivity (Wildman–Crippen MR) is 83.7 cm³/mol. The lowest BCUT2D eigenvalue weighted by atomic mass is 9.90. The average Bonchev–Trinajstić information content (AvgIpc) is 2.50. The van der Waals surface area contributed by atoms with Gasteiger partial charge in [0.2, 0.25) is 5.91 Å². The van der Waals surface area contributed by atoms with Crippen molar-refractivity contribution in [2.24, 2.45) is 5.41 Å². The van der Waals surface area contributed by atoms with E-state index in [1.54, 1.807) is 24.3 Å². The molecule has 118 valence electrons. The number of rotatable bonds is 2. The molecule has 0 aromatic heterocycles. The van der Waals surface area contributed by atoms with Gasteiger partial charge in [-0.15, -0.1) is 0 Å². The summed E-state index contributed by atoms with van der Waals surface area (Å²) in [4.78, 5) is 12.3. The van der Waals surface area contributed by atoms with Crippen LogP contribution in [0.25, 0.3) is 0 Å². The second-order valence-electron chi connectivity index (χ2n) is 4.96. The minimum absolute atomic E-state index is 0.0281. The summed E-state index contributed by atoms with van der Waals surface area (Å²) in [5.74, 6) is -0.412. The van der Waals surface area contributed by atoms with E-state index in [4.69, 9.17) is 37.4 Å². The van der Waals surface area contributed by atoms with Gasteiger partial charge in [0.05, 0.1) is 19.8 Å². The normalized spacial score (nSPS) is 29.9. The number of nitrogens with one attached hydrogen (secondary N) is 2. The highest BCUT2D eigenvalue weighted by Gasteiger charge is 2.55. The highest BCUT2D eigenvalue weighted by molar-refractivity contribution is 7.80. The van der Waals surface area contributed by atoms with E-state index in [1.165, 1.54) is 0 Å². The summed E-state index contributed by atoms with van der Waals surface area (Å²) in [6.45, 7) is -0.0843. The van der Waals surface area contributed by atoms with E-state index >= 15 is 0 Å². The molecule has 0 atom stereocenters. The Labute approximate surface area is 136 Å². The van der Waals surface area contributed by atoms with E-state index < -0.39 is 19.1 Å². The number of hydrogen-bond donors (Lipinski definition) is 2. The third-order valence-electron chi connectivity index (χ3n) is 3.31. The number of phosphoric ester groups is 1. The van der Waals surface area contributed by atoms with Crippen molar-refractivity contribution in [1.29, 1.82) is 0 Å². The van der Waals surface area contributed by atoms with E-state index in [0.717, 1.165) is 0 Å². The lowest BCUT2D eigenvalue weighted by Crippen LogP contribution is -2.56. The van der Waals surface area contributed by atoms with Crippen LogP contribution in [0.4, 0.5) is 5.69 Å². The van der Waals surface area contributed by atoms with E-state index in [9.17, 15) is 9.36 Å². The molecule has 7 nitrogen and oxygen atoms in total. The van der Waals surface area contributed by atoms with Crippen molar-refractivity contribution in [3.63, 3.8) is 0 Å². The van der Waals surface area contributed by atoms with Crippen molar-refractivity contribution in [3.05, 3.63) is 29.3 Å². The first kappa shape index (κ1) is 15.9. The second kappa shape index (κ2) is 5.88. The Morgan fingerprint density at radius 1 is 1.18 bits per heavy atom. The van der Waals surface area contributed by atoms with Crippen molar-refractivity contribution < 1.29 is 22.9 Å². The van der Waals surface area contributed by atoms with Gasteiger partial charge in [-0.3, -0.25) is 18.4 Å². The second-order valence-corrected chi connectivity index (χ2v) is 7.48. The Balaban J connectivity index is 1.61. The minimum atomic E-state index is -3.45. The molecule has 0 saturated carbocycles. The molecule has 22 heavy (non-hydrogen) atoms. The first-order chi connectivity index (χ1) is 10.4. The van der Waals surface area contributed by atoms with Crippen LogP contribution in [-0.4, -0.2) is 30.8 Å². The number of anilines is 1. The standard InChI is InChI=1S/C12H12ClN2O5PS/c13-8-1-3-9(4-2-8)14-11(22)15-10(16)12-5-18-21(17,19-6-12)20-7-12/h1-4H,5-7H2,(H2,14,15,16,22). The summed E-state index contributed by atoms with van der Waals surface area (Å²) in [6.07, 6.45) is 0. The van der Waals surface area contributed by atoms with Gasteiger partial charge in [-0.05, 0) is 36.5 Å². The molecule has 3 heterocycles. The third-order valence-corrected chi connectivity index (χ3v) is 5.10. The number of thiocarbonyl (C=S) groups is 1. The number of fused-ring (bicyclic) bond motifs is 3. The van der Waals surface area contributed by atoms with E-state index in [1.807, 2.05) is 0 Å². The van der Waals surface area contributed by atoms with Crippen LogP contribution in [0, 0.1) is 5.41 Å². The SMILES string of the molecule is O=C(NC(=S)Nc1ccc(Cl)cc1)C12COP(=O)(OC1)OC2. The summed E-state index contributed by atoms with van der Waals surface area (Å²) in [7, 11) is -3.45. The van der Waals surface area contributed by atoms with Crippen LogP contribution in [0.5, 0.6) is 0 Å². The van der Waals surface area contributed by atoms with Crippen LogP contribution in [0.3, 0.4) is 0 Å². The molecule has 10 heteroatoms. The highest BCUT2D eigenvalue weighted by atomic mass is 35.5. The molecule has 0 radical (unpaired) electrons.